The van der Waals surface area contributed by atoms with Gasteiger partial charge in [-0.3, -0.25) is 9.59 Å². The normalized spacial score (nSPS) is 19.5. The Bertz CT molecular complexity index is 833. The van der Waals surface area contributed by atoms with Crippen molar-refractivity contribution in [2.75, 3.05) is 18.0 Å². The first-order valence-electron chi connectivity index (χ1n) is 8.78. The van der Waals surface area contributed by atoms with E-state index in [0.717, 1.165) is 49.9 Å². The van der Waals surface area contributed by atoms with Crippen molar-refractivity contribution in [3.05, 3.63) is 51.7 Å². The zero-order chi connectivity index (χ0) is 17.2. The quantitative estimate of drug-likeness (QED) is 0.872. The summed E-state index contributed by atoms with van der Waals surface area (Å²) in [6, 6.07) is 3.53. The molecular weight excluding hydrogens is 318 g/mol. The van der Waals surface area contributed by atoms with E-state index in [4.69, 9.17) is 0 Å². The lowest BCUT2D eigenvalue weighted by Crippen LogP contribution is -2.49. The van der Waals surface area contributed by atoms with Gasteiger partial charge in [0, 0.05) is 37.2 Å². The van der Waals surface area contributed by atoms with Gasteiger partial charge in [-0.05, 0) is 49.8 Å². The SMILES string of the molecule is O=C(N[C@H]1CCCN(c2ncccn2)C1)c1cc2c([nH]c1=O)CCC2. The third-order valence-corrected chi connectivity index (χ3v) is 4.92. The highest BCUT2D eigenvalue weighted by molar-refractivity contribution is 5.94. The minimum atomic E-state index is -0.295. The number of hydrogen-bond donors (Lipinski definition) is 2. The van der Waals surface area contributed by atoms with Crippen molar-refractivity contribution in [1.82, 2.24) is 20.3 Å². The summed E-state index contributed by atoms with van der Waals surface area (Å²) in [5.41, 5.74) is 1.99. The van der Waals surface area contributed by atoms with Crippen LogP contribution < -0.4 is 15.8 Å². The molecule has 3 heterocycles. The van der Waals surface area contributed by atoms with Gasteiger partial charge in [-0.25, -0.2) is 9.97 Å². The molecule has 1 aliphatic heterocycles. The van der Waals surface area contributed by atoms with Crippen LogP contribution in [0.4, 0.5) is 5.95 Å². The van der Waals surface area contributed by atoms with E-state index in [1.807, 2.05) is 0 Å². The van der Waals surface area contributed by atoms with Gasteiger partial charge in [-0.2, -0.15) is 0 Å². The Morgan fingerprint density at radius 3 is 2.92 bits per heavy atom. The van der Waals surface area contributed by atoms with Crippen LogP contribution >= 0.6 is 0 Å². The minimum Gasteiger partial charge on any atom is -0.347 e. The van der Waals surface area contributed by atoms with Crippen LogP contribution in [0.3, 0.4) is 0 Å². The number of carbonyl (C=O) groups is 1. The van der Waals surface area contributed by atoms with E-state index in [1.54, 1.807) is 24.5 Å². The van der Waals surface area contributed by atoms with Gasteiger partial charge in [-0.1, -0.05) is 0 Å². The van der Waals surface area contributed by atoms with Gasteiger partial charge < -0.3 is 15.2 Å². The van der Waals surface area contributed by atoms with Gasteiger partial charge in [0.2, 0.25) is 5.95 Å². The average Bonchev–Trinajstić information content (AvgIpc) is 3.09. The molecule has 1 amide bonds. The second-order valence-electron chi connectivity index (χ2n) is 6.68. The summed E-state index contributed by atoms with van der Waals surface area (Å²) in [7, 11) is 0. The van der Waals surface area contributed by atoms with E-state index >= 15 is 0 Å². The van der Waals surface area contributed by atoms with Crippen LogP contribution in [0, 0.1) is 0 Å². The zero-order valence-electron chi connectivity index (χ0n) is 14.0. The first-order chi connectivity index (χ1) is 12.2. The molecule has 7 heteroatoms. The van der Waals surface area contributed by atoms with Gasteiger partial charge in [-0.15, -0.1) is 0 Å². The molecule has 25 heavy (non-hydrogen) atoms. The number of aryl methyl sites for hydroxylation is 2. The van der Waals surface area contributed by atoms with Crippen LogP contribution in [0.5, 0.6) is 0 Å². The fraction of sp³-hybridized carbons (Fsp3) is 0.444. The van der Waals surface area contributed by atoms with E-state index in [-0.39, 0.29) is 23.1 Å². The van der Waals surface area contributed by atoms with Crippen molar-refractivity contribution >= 4 is 11.9 Å². The molecule has 1 atom stereocenters. The number of aromatic amines is 1. The molecule has 130 valence electrons. The number of rotatable bonds is 3. The van der Waals surface area contributed by atoms with E-state index < -0.39 is 0 Å². The van der Waals surface area contributed by atoms with Crippen LogP contribution in [0.2, 0.25) is 0 Å². The lowest BCUT2D eigenvalue weighted by atomic mass is 10.1. The lowest BCUT2D eigenvalue weighted by molar-refractivity contribution is 0.0931. The maximum atomic E-state index is 12.6. The molecule has 2 aromatic heterocycles. The van der Waals surface area contributed by atoms with Crippen LogP contribution in [0.1, 0.15) is 40.9 Å². The molecule has 1 saturated heterocycles. The van der Waals surface area contributed by atoms with Crippen LogP contribution in [0.25, 0.3) is 0 Å². The molecule has 7 nitrogen and oxygen atoms in total. The monoisotopic (exact) mass is 339 g/mol. The van der Waals surface area contributed by atoms with E-state index in [9.17, 15) is 9.59 Å². The number of hydrogen-bond acceptors (Lipinski definition) is 5. The van der Waals surface area contributed by atoms with Crippen LogP contribution in [-0.4, -0.2) is 40.0 Å². The van der Waals surface area contributed by atoms with Gasteiger partial charge in [0.1, 0.15) is 5.56 Å². The summed E-state index contributed by atoms with van der Waals surface area (Å²) in [6.45, 7) is 1.52. The second-order valence-corrected chi connectivity index (χ2v) is 6.68. The highest BCUT2D eigenvalue weighted by Crippen LogP contribution is 2.19. The predicted octanol–water partition coefficient (Wildman–Crippen LogP) is 1.05. The third kappa shape index (κ3) is 3.26. The maximum Gasteiger partial charge on any atom is 0.261 e. The summed E-state index contributed by atoms with van der Waals surface area (Å²) in [4.78, 5) is 38.3. The van der Waals surface area contributed by atoms with E-state index in [2.05, 4.69) is 25.2 Å². The maximum absolute atomic E-state index is 12.6. The summed E-state index contributed by atoms with van der Waals surface area (Å²) in [5, 5.41) is 3.01. The number of amides is 1. The number of H-pyrrole nitrogens is 1. The van der Waals surface area contributed by atoms with Crippen molar-refractivity contribution in [3.8, 4) is 0 Å². The number of fused-ring (bicyclic) bond motifs is 1. The fourth-order valence-electron chi connectivity index (χ4n) is 3.68. The van der Waals surface area contributed by atoms with Crippen molar-refractivity contribution in [2.24, 2.45) is 0 Å². The molecule has 0 saturated carbocycles. The number of nitrogens with one attached hydrogen (secondary N) is 2. The third-order valence-electron chi connectivity index (χ3n) is 4.92. The topological polar surface area (TPSA) is 91.0 Å². The van der Waals surface area contributed by atoms with Crippen molar-refractivity contribution in [2.45, 2.75) is 38.1 Å². The molecule has 0 aromatic carbocycles. The number of aromatic nitrogens is 3. The largest absolute Gasteiger partial charge is 0.347 e. The Morgan fingerprint density at radius 2 is 2.08 bits per heavy atom. The Hall–Kier alpha value is -2.70. The van der Waals surface area contributed by atoms with Crippen LogP contribution in [0.15, 0.2) is 29.3 Å². The lowest BCUT2D eigenvalue weighted by Gasteiger charge is -2.33. The molecule has 0 spiro atoms. The van der Waals surface area contributed by atoms with Gasteiger partial charge in [0.25, 0.3) is 11.5 Å². The second kappa shape index (κ2) is 6.66. The fourth-order valence-corrected chi connectivity index (χ4v) is 3.68. The van der Waals surface area contributed by atoms with Crippen LogP contribution in [-0.2, 0) is 12.8 Å². The number of anilines is 1. The molecule has 0 radical (unpaired) electrons. The number of piperidine rings is 1. The van der Waals surface area contributed by atoms with E-state index in [1.165, 1.54) is 0 Å². The molecule has 2 aliphatic rings. The van der Waals surface area contributed by atoms with Crippen molar-refractivity contribution in [3.63, 3.8) is 0 Å². The molecule has 1 aliphatic carbocycles. The predicted molar refractivity (Wildman–Crippen MR) is 93.8 cm³/mol. The molecule has 0 bridgehead atoms. The summed E-state index contributed by atoms with van der Waals surface area (Å²) in [6.07, 6.45) is 8.12. The Kier molecular flexibility index (Phi) is 4.21. The minimum absolute atomic E-state index is 0.0160. The van der Waals surface area contributed by atoms with E-state index in [0.29, 0.717) is 12.5 Å². The highest BCUT2D eigenvalue weighted by atomic mass is 16.2. The molecule has 2 N–H and O–H groups in total. The number of carbonyl (C=O) groups excluding carboxylic acids is 1. The molecule has 2 aromatic rings. The summed E-state index contributed by atoms with van der Waals surface area (Å²) < 4.78 is 0. The zero-order valence-corrected chi connectivity index (χ0v) is 14.0. The first-order valence-corrected chi connectivity index (χ1v) is 8.78. The van der Waals surface area contributed by atoms with Crippen molar-refractivity contribution in [1.29, 1.82) is 0 Å². The Morgan fingerprint density at radius 1 is 1.24 bits per heavy atom. The smallest absolute Gasteiger partial charge is 0.261 e. The number of pyridine rings is 1. The molecule has 4 rings (SSSR count). The molecular formula is C18H21N5O2. The van der Waals surface area contributed by atoms with Gasteiger partial charge in [0.15, 0.2) is 0 Å². The average molecular weight is 339 g/mol. The van der Waals surface area contributed by atoms with Gasteiger partial charge in [0.05, 0.1) is 0 Å². The van der Waals surface area contributed by atoms with Crippen molar-refractivity contribution < 1.29 is 4.79 Å². The standard InChI is InChI=1S/C18H21N5O2/c24-16(14-10-12-4-1-6-15(12)22-17(14)25)21-13-5-2-9-23(11-13)18-19-7-3-8-20-18/h3,7-8,10,13H,1-2,4-6,9,11H2,(H,21,24)(H,22,25)/t13-/m0/s1. The summed E-state index contributed by atoms with van der Waals surface area (Å²) in [5.74, 6) is 0.383. The van der Waals surface area contributed by atoms with Gasteiger partial charge >= 0.3 is 0 Å². The summed E-state index contributed by atoms with van der Waals surface area (Å²) >= 11 is 0. The highest BCUT2D eigenvalue weighted by Gasteiger charge is 2.25. The molecule has 1 fully saturated rings. The Labute approximate surface area is 145 Å². The Balaban J connectivity index is 1.47. The molecule has 0 unspecified atom stereocenters. The first kappa shape index (κ1) is 15.8. The number of nitrogens with zero attached hydrogens (tertiary/aromatic N) is 3.